The Morgan fingerprint density at radius 2 is 2.26 bits per heavy atom. The average molecular weight is 289 g/mol. The summed E-state index contributed by atoms with van der Waals surface area (Å²) < 4.78 is 18.4. The highest BCUT2D eigenvalue weighted by molar-refractivity contribution is 6.33. The van der Waals surface area contributed by atoms with Crippen LogP contribution in [0.25, 0.3) is 0 Å². The lowest BCUT2D eigenvalue weighted by atomic mass is 10.2. The van der Waals surface area contributed by atoms with Crippen LogP contribution in [0.4, 0.5) is 10.1 Å². The third-order valence-corrected chi connectivity index (χ3v) is 2.86. The fraction of sp³-hybridized carbons (Fsp3) is 0.462. The zero-order chi connectivity index (χ0) is 14.3. The van der Waals surface area contributed by atoms with Crippen LogP contribution < -0.4 is 10.6 Å². The molecule has 1 aromatic rings. The monoisotopic (exact) mass is 288 g/mol. The van der Waals surface area contributed by atoms with Crippen molar-refractivity contribution in [3.8, 4) is 0 Å². The number of methoxy groups -OCH3 is 1. The van der Waals surface area contributed by atoms with Gasteiger partial charge in [0.2, 0.25) is 5.91 Å². The number of para-hydroxylation sites is 1. The molecule has 1 amide bonds. The van der Waals surface area contributed by atoms with Crippen LogP contribution in [0.5, 0.6) is 0 Å². The molecule has 19 heavy (non-hydrogen) atoms. The summed E-state index contributed by atoms with van der Waals surface area (Å²) in [4.78, 5) is 11.8. The van der Waals surface area contributed by atoms with Crippen LogP contribution in [0.1, 0.15) is 13.3 Å². The van der Waals surface area contributed by atoms with Gasteiger partial charge in [-0.25, -0.2) is 4.39 Å². The number of amides is 1. The van der Waals surface area contributed by atoms with Crippen LogP contribution >= 0.6 is 11.6 Å². The predicted octanol–water partition coefficient (Wildman–Crippen LogP) is 2.43. The molecular formula is C13H18ClFN2O2. The highest BCUT2D eigenvalue weighted by atomic mass is 35.5. The second kappa shape index (κ2) is 7.96. The van der Waals surface area contributed by atoms with Gasteiger partial charge in [0, 0.05) is 20.3 Å². The van der Waals surface area contributed by atoms with Crippen molar-refractivity contribution in [2.24, 2.45) is 0 Å². The van der Waals surface area contributed by atoms with Gasteiger partial charge in [0.1, 0.15) is 11.9 Å². The SMILES string of the molecule is COCCCNC(=O)C(C)Nc1c(F)cccc1Cl. The zero-order valence-electron chi connectivity index (χ0n) is 11.0. The lowest BCUT2D eigenvalue weighted by Gasteiger charge is -2.16. The van der Waals surface area contributed by atoms with E-state index >= 15 is 0 Å². The van der Waals surface area contributed by atoms with Gasteiger partial charge in [-0.1, -0.05) is 17.7 Å². The highest BCUT2D eigenvalue weighted by Gasteiger charge is 2.15. The number of carbonyl (C=O) groups excluding carboxylic acids is 1. The van der Waals surface area contributed by atoms with Crippen molar-refractivity contribution in [2.45, 2.75) is 19.4 Å². The van der Waals surface area contributed by atoms with E-state index < -0.39 is 11.9 Å². The van der Waals surface area contributed by atoms with Gasteiger partial charge in [0.25, 0.3) is 0 Å². The molecule has 1 rings (SSSR count). The van der Waals surface area contributed by atoms with Crippen molar-refractivity contribution in [3.63, 3.8) is 0 Å². The maximum absolute atomic E-state index is 13.5. The van der Waals surface area contributed by atoms with E-state index in [1.807, 2.05) is 0 Å². The smallest absolute Gasteiger partial charge is 0.242 e. The second-order valence-corrected chi connectivity index (χ2v) is 4.51. The number of rotatable bonds is 7. The first-order chi connectivity index (χ1) is 9.06. The molecule has 0 saturated carbocycles. The Bertz CT molecular complexity index is 409. The van der Waals surface area contributed by atoms with Gasteiger partial charge < -0.3 is 15.4 Å². The quantitative estimate of drug-likeness (QED) is 0.758. The van der Waals surface area contributed by atoms with Gasteiger partial charge in [-0.3, -0.25) is 4.79 Å². The molecule has 0 spiro atoms. The Morgan fingerprint density at radius 1 is 1.53 bits per heavy atom. The first kappa shape index (κ1) is 15.7. The topological polar surface area (TPSA) is 50.4 Å². The molecule has 0 aliphatic heterocycles. The minimum absolute atomic E-state index is 0.142. The normalized spacial score (nSPS) is 12.0. The summed E-state index contributed by atoms with van der Waals surface area (Å²) in [5.74, 6) is -0.693. The Hall–Kier alpha value is -1.33. The Morgan fingerprint density at radius 3 is 2.89 bits per heavy atom. The average Bonchev–Trinajstić information content (AvgIpc) is 2.38. The van der Waals surface area contributed by atoms with Gasteiger partial charge in [-0.2, -0.15) is 0 Å². The van der Waals surface area contributed by atoms with Crippen LogP contribution in [0.2, 0.25) is 5.02 Å². The number of benzene rings is 1. The first-order valence-electron chi connectivity index (χ1n) is 6.03. The van der Waals surface area contributed by atoms with E-state index in [0.29, 0.717) is 13.2 Å². The largest absolute Gasteiger partial charge is 0.385 e. The fourth-order valence-corrected chi connectivity index (χ4v) is 1.72. The summed E-state index contributed by atoms with van der Waals surface area (Å²) in [6.45, 7) is 2.75. The lowest BCUT2D eigenvalue weighted by molar-refractivity contribution is -0.121. The summed E-state index contributed by atoms with van der Waals surface area (Å²) in [6, 6.07) is 3.79. The first-order valence-corrected chi connectivity index (χ1v) is 6.41. The van der Waals surface area contributed by atoms with E-state index in [1.165, 1.54) is 12.1 Å². The summed E-state index contributed by atoms with van der Waals surface area (Å²) in [7, 11) is 1.60. The summed E-state index contributed by atoms with van der Waals surface area (Å²) >= 11 is 5.87. The van der Waals surface area contributed by atoms with Crippen LogP contribution in [0.15, 0.2) is 18.2 Å². The molecule has 1 aromatic carbocycles. The van der Waals surface area contributed by atoms with E-state index in [-0.39, 0.29) is 16.6 Å². The molecule has 0 bridgehead atoms. The number of ether oxygens (including phenoxy) is 1. The van der Waals surface area contributed by atoms with Crippen molar-refractivity contribution in [2.75, 3.05) is 25.6 Å². The molecule has 0 aromatic heterocycles. The Labute approximate surface area is 117 Å². The Balaban J connectivity index is 2.50. The molecule has 0 saturated heterocycles. The lowest BCUT2D eigenvalue weighted by Crippen LogP contribution is -2.38. The summed E-state index contributed by atoms with van der Waals surface area (Å²) in [5.41, 5.74) is 0.142. The van der Waals surface area contributed by atoms with Crippen LogP contribution in [0.3, 0.4) is 0 Å². The van der Waals surface area contributed by atoms with Gasteiger partial charge >= 0.3 is 0 Å². The van der Waals surface area contributed by atoms with Crippen LogP contribution in [-0.2, 0) is 9.53 Å². The fourth-order valence-electron chi connectivity index (χ4n) is 1.50. The molecule has 0 fully saturated rings. The molecule has 0 heterocycles. The second-order valence-electron chi connectivity index (χ2n) is 4.10. The number of halogens is 2. The van der Waals surface area contributed by atoms with Crippen molar-refractivity contribution in [3.05, 3.63) is 29.0 Å². The highest BCUT2D eigenvalue weighted by Crippen LogP contribution is 2.25. The number of anilines is 1. The molecule has 0 aliphatic rings. The molecule has 0 radical (unpaired) electrons. The van der Waals surface area contributed by atoms with Gasteiger partial charge in [-0.05, 0) is 25.5 Å². The van der Waals surface area contributed by atoms with E-state index in [0.717, 1.165) is 6.42 Å². The molecular weight excluding hydrogens is 271 g/mol. The molecule has 106 valence electrons. The van der Waals surface area contributed by atoms with E-state index in [1.54, 1.807) is 20.1 Å². The van der Waals surface area contributed by atoms with E-state index in [4.69, 9.17) is 16.3 Å². The third-order valence-electron chi connectivity index (χ3n) is 2.54. The minimum atomic E-state index is -0.572. The molecule has 1 unspecified atom stereocenters. The van der Waals surface area contributed by atoms with Crippen LogP contribution in [-0.4, -0.2) is 32.2 Å². The zero-order valence-corrected chi connectivity index (χ0v) is 11.8. The number of hydrogen-bond donors (Lipinski definition) is 2. The predicted molar refractivity (Wildman–Crippen MR) is 74.0 cm³/mol. The van der Waals surface area contributed by atoms with Gasteiger partial charge in [0.15, 0.2) is 0 Å². The third kappa shape index (κ3) is 5.04. The van der Waals surface area contributed by atoms with Crippen molar-refractivity contribution < 1.29 is 13.9 Å². The van der Waals surface area contributed by atoms with Gasteiger partial charge in [0.05, 0.1) is 10.7 Å². The van der Waals surface area contributed by atoms with Crippen molar-refractivity contribution in [1.29, 1.82) is 0 Å². The number of nitrogens with one attached hydrogen (secondary N) is 2. The summed E-state index contributed by atoms with van der Waals surface area (Å²) in [6.07, 6.45) is 0.732. The van der Waals surface area contributed by atoms with E-state index in [9.17, 15) is 9.18 Å². The molecule has 0 aliphatic carbocycles. The standard InChI is InChI=1S/C13H18ClFN2O2/c1-9(13(18)16-7-4-8-19-2)17-12-10(14)5-3-6-11(12)15/h3,5-6,9,17H,4,7-8H2,1-2H3,(H,16,18). The van der Waals surface area contributed by atoms with E-state index in [2.05, 4.69) is 10.6 Å². The molecule has 4 nitrogen and oxygen atoms in total. The summed E-state index contributed by atoms with van der Waals surface area (Å²) in [5, 5.41) is 5.75. The van der Waals surface area contributed by atoms with Crippen LogP contribution in [0, 0.1) is 5.82 Å². The number of hydrogen-bond acceptors (Lipinski definition) is 3. The minimum Gasteiger partial charge on any atom is -0.385 e. The molecule has 2 N–H and O–H groups in total. The molecule has 1 atom stereocenters. The number of carbonyl (C=O) groups is 1. The maximum Gasteiger partial charge on any atom is 0.242 e. The van der Waals surface area contributed by atoms with Crippen molar-refractivity contribution >= 4 is 23.2 Å². The maximum atomic E-state index is 13.5. The Kier molecular flexibility index (Phi) is 6.59. The van der Waals surface area contributed by atoms with Crippen molar-refractivity contribution in [1.82, 2.24) is 5.32 Å². The molecule has 6 heteroatoms. The van der Waals surface area contributed by atoms with Gasteiger partial charge in [-0.15, -0.1) is 0 Å².